The summed E-state index contributed by atoms with van der Waals surface area (Å²) in [6.07, 6.45) is 5.73. The summed E-state index contributed by atoms with van der Waals surface area (Å²) in [7, 11) is 0. The number of fused-ring (bicyclic) bond motifs is 1. The Morgan fingerprint density at radius 2 is 1.67 bits per heavy atom. The van der Waals surface area contributed by atoms with Gasteiger partial charge in [-0.1, -0.05) is 31.4 Å². The highest BCUT2D eigenvalue weighted by atomic mass is 16.2. The number of nitrogens with one attached hydrogen (secondary N) is 2. The van der Waals surface area contributed by atoms with Gasteiger partial charge in [-0.25, -0.2) is 4.90 Å². The van der Waals surface area contributed by atoms with Crippen molar-refractivity contribution in [1.29, 1.82) is 0 Å². The Labute approximate surface area is 193 Å². The summed E-state index contributed by atoms with van der Waals surface area (Å²) in [6, 6.07) is 10.4. The van der Waals surface area contributed by atoms with Crippen molar-refractivity contribution in [2.24, 2.45) is 0 Å². The number of amides is 4. The van der Waals surface area contributed by atoms with Gasteiger partial charge in [0.25, 0.3) is 17.7 Å². The fraction of sp³-hybridized carbons (Fsp3) is 0.385. The predicted octanol–water partition coefficient (Wildman–Crippen LogP) is 3.67. The summed E-state index contributed by atoms with van der Waals surface area (Å²) in [5, 5.41) is 5.76. The summed E-state index contributed by atoms with van der Waals surface area (Å²) in [5.74, 6) is -1.28. The number of hydrogen-bond donors (Lipinski definition) is 2. The fourth-order valence-electron chi connectivity index (χ4n) is 4.50. The van der Waals surface area contributed by atoms with Crippen LogP contribution in [-0.4, -0.2) is 36.2 Å². The number of anilines is 1. The summed E-state index contributed by atoms with van der Waals surface area (Å²) < 4.78 is 0. The van der Waals surface area contributed by atoms with E-state index in [9.17, 15) is 19.2 Å². The smallest absolute Gasteiger partial charge is 0.266 e. The van der Waals surface area contributed by atoms with E-state index in [0.29, 0.717) is 5.69 Å². The molecule has 2 aromatic carbocycles. The third-order valence-electron chi connectivity index (χ3n) is 6.36. The molecule has 1 aliphatic carbocycles. The van der Waals surface area contributed by atoms with Gasteiger partial charge in [0.2, 0.25) is 5.91 Å². The van der Waals surface area contributed by atoms with Crippen LogP contribution in [0.3, 0.4) is 0 Å². The molecule has 1 heterocycles. The molecule has 1 fully saturated rings. The lowest BCUT2D eigenvalue weighted by Crippen LogP contribution is -2.38. The van der Waals surface area contributed by atoms with Crippen LogP contribution in [0.4, 0.5) is 5.69 Å². The van der Waals surface area contributed by atoms with E-state index in [2.05, 4.69) is 10.6 Å². The first-order valence-corrected chi connectivity index (χ1v) is 11.5. The molecule has 0 saturated heterocycles. The Morgan fingerprint density at radius 1 is 0.939 bits per heavy atom. The highest BCUT2D eigenvalue weighted by molar-refractivity contribution is 6.35. The van der Waals surface area contributed by atoms with E-state index in [4.69, 9.17) is 0 Å². The van der Waals surface area contributed by atoms with Crippen molar-refractivity contribution in [2.45, 2.75) is 58.4 Å². The van der Waals surface area contributed by atoms with Crippen LogP contribution in [0.1, 0.15) is 80.7 Å². The molecule has 33 heavy (non-hydrogen) atoms. The van der Waals surface area contributed by atoms with Crippen LogP contribution in [0.5, 0.6) is 0 Å². The number of carbonyl (C=O) groups excluding carboxylic acids is 4. The van der Waals surface area contributed by atoms with Gasteiger partial charge in [0, 0.05) is 24.6 Å². The van der Waals surface area contributed by atoms with Crippen LogP contribution in [0, 0.1) is 13.8 Å². The summed E-state index contributed by atoms with van der Waals surface area (Å²) in [4.78, 5) is 51.9. The first-order valence-electron chi connectivity index (χ1n) is 11.5. The number of benzene rings is 2. The van der Waals surface area contributed by atoms with Crippen molar-refractivity contribution in [3.05, 3.63) is 64.2 Å². The lowest BCUT2D eigenvalue weighted by atomic mass is 9.95. The Kier molecular flexibility index (Phi) is 6.58. The van der Waals surface area contributed by atoms with Gasteiger partial charge in [0.1, 0.15) is 0 Å². The molecule has 0 aromatic heterocycles. The van der Waals surface area contributed by atoms with E-state index in [1.807, 2.05) is 32.0 Å². The van der Waals surface area contributed by atoms with Gasteiger partial charge in [-0.3, -0.25) is 19.2 Å². The Balaban J connectivity index is 1.39. The van der Waals surface area contributed by atoms with Crippen molar-refractivity contribution in [3.63, 3.8) is 0 Å². The summed E-state index contributed by atoms with van der Waals surface area (Å²) >= 11 is 0. The van der Waals surface area contributed by atoms with E-state index in [1.54, 1.807) is 0 Å². The van der Waals surface area contributed by atoms with Gasteiger partial charge in [0.15, 0.2) is 0 Å². The Morgan fingerprint density at radius 3 is 2.42 bits per heavy atom. The van der Waals surface area contributed by atoms with Crippen LogP contribution in [-0.2, 0) is 4.79 Å². The minimum Gasteiger partial charge on any atom is -0.353 e. The topological polar surface area (TPSA) is 95.6 Å². The van der Waals surface area contributed by atoms with E-state index in [-0.39, 0.29) is 47.5 Å². The molecule has 2 aromatic rings. The second-order valence-corrected chi connectivity index (χ2v) is 8.90. The maximum Gasteiger partial charge on any atom is 0.266 e. The number of nitrogens with zero attached hydrogens (tertiary/aromatic N) is 1. The van der Waals surface area contributed by atoms with Gasteiger partial charge in [0.05, 0.1) is 16.8 Å². The molecule has 0 bridgehead atoms. The van der Waals surface area contributed by atoms with E-state index in [0.717, 1.165) is 36.8 Å². The van der Waals surface area contributed by atoms with Crippen LogP contribution < -0.4 is 15.5 Å². The first-order chi connectivity index (χ1) is 15.8. The van der Waals surface area contributed by atoms with Crippen molar-refractivity contribution >= 4 is 29.3 Å². The second kappa shape index (κ2) is 9.57. The van der Waals surface area contributed by atoms with Gasteiger partial charge in [-0.05, 0) is 62.1 Å². The zero-order chi connectivity index (χ0) is 23.5. The van der Waals surface area contributed by atoms with Crippen LogP contribution in [0.2, 0.25) is 0 Å². The largest absolute Gasteiger partial charge is 0.353 e. The predicted molar refractivity (Wildman–Crippen MR) is 125 cm³/mol. The molecule has 172 valence electrons. The molecule has 4 amide bonds. The highest BCUT2D eigenvalue weighted by Crippen LogP contribution is 2.31. The van der Waals surface area contributed by atoms with E-state index < -0.39 is 11.8 Å². The lowest BCUT2D eigenvalue weighted by molar-refractivity contribution is -0.121. The minimum atomic E-state index is -0.440. The first kappa shape index (κ1) is 22.7. The average Bonchev–Trinajstić information content (AvgIpc) is 3.05. The Bertz CT molecular complexity index is 1120. The van der Waals surface area contributed by atoms with Gasteiger partial charge in [-0.15, -0.1) is 0 Å². The van der Waals surface area contributed by atoms with E-state index in [1.165, 1.54) is 29.5 Å². The molecule has 1 aliphatic heterocycles. The van der Waals surface area contributed by atoms with Crippen molar-refractivity contribution < 1.29 is 19.2 Å². The third-order valence-corrected chi connectivity index (χ3v) is 6.36. The highest BCUT2D eigenvalue weighted by Gasteiger charge is 2.37. The Hall–Kier alpha value is -3.48. The monoisotopic (exact) mass is 447 g/mol. The molecule has 4 rings (SSSR count). The zero-order valence-electron chi connectivity index (χ0n) is 19.1. The molecule has 2 N–H and O–H groups in total. The molecular weight excluding hydrogens is 418 g/mol. The maximum absolute atomic E-state index is 13.1. The summed E-state index contributed by atoms with van der Waals surface area (Å²) in [5.41, 5.74) is 3.09. The molecule has 2 aliphatic rings. The molecular formula is C26H29N3O4. The SMILES string of the molecule is Cc1ccc(C)c(N2C(=O)c3ccc(C(=O)NCCC(=O)NC4CCCCC4)cc3C2=O)c1. The molecule has 1 saturated carbocycles. The van der Waals surface area contributed by atoms with Gasteiger partial charge >= 0.3 is 0 Å². The zero-order valence-corrected chi connectivity index (χ0v) is 19.1. The maximum atomic E-state index is 13.1. The van der Waals surface area contributed by atoms with Crippen LogP contribution >= 0.6 is 0 Å². The molecule has 0 unspecified atom stereocenters. The van der Waals surface area contributed by atoms with Gasteiger partial charge in [-0.2, -0.15) is 0 Å². The molecule has 0 atom stereocenters. The third kappa shape index (κ3) is 4.82. The van der Waals surface area contributed by atoms with Crippen LogP contribution in [0.25, 0.3) is 0 Å². The molecule has 7 heteroatoms. The van der Waals surface area contributed by atoms with E-state index >= 15 is 0 Å². The van der Waals surface area contributed by atoms with Crippen molar-refractivity contribution in [2.75, 3.05) is 11.4 Å². The molecule has 7 nitrogen and oxygen atoms in total. The average molecular weight is 448 g/mol. The van der Waals surface area contributed by atoms with Gasteiger partial charge < -0.3 is 10.6 Å². The minimum absolute atomic E-state index is 0.0684. The second-order valence-electron chi connectivity index (χ2n) is 8.90. The van der Waals surface area contributed by atoms with Crippen molar-refractivity contribution in [3.8, 4) is 0 Å². The number of rotatable bonds is 6. The lowest BCUT2D eigenvalue weighted by Gasteiger charge is -2.22. The number of hydrogen-bond acceptors (Lipinski definition) is 4. The quantitative estimate of drug-likeness (QED) is 0.661. The van der Waals surface area contributed by atoms with Crippen molar-refractivity contribution in [1.82, 2.24) is 10.6 Å². The standard InChI is InChI=1S/C26H29N3O4/c1-16-8-9-17(2)22(14-16)29-25(32)20-11-10-18(15-21(20)26(29)33)24(31)27-13-12-23(30)28-19-6-4-3-5-7-19/h8-11,14-15,19H,3-7,12-13H2,1-2H3,(H,27,31)(H,28,30). The normalized spacial score (nSPS) is 16.0. The summed E-state index contributed by atoms with van der Waals surface area (Å²) in [6.45, 7) is 3.95. The molecule has 0 spiro atoms. The molecule has 0 radical (unpaired) electrons. The number of carbonyl (C=O) groups is 4. The fourth-order valence-corrected chi connectivity index (χ4v) is 4.50. The number of imide groups is 1. The number of aryl methyl sites for hydroxylation is 2. The van der Waals surface area contributed by atoms with Crippen LogP contribution in [0.15, 0.2) is 36.4 Å².